The summed E-state index contributed by atoms with van der Waals surface area (Å²) in [5.41, 5.74) is -0.902. The molecule has 1 saturated heterocycles. The number of carbonyl (C=O) groups excluding carboxylic acids is 1. The Labute approximate surface area is 150 Å². The van der Waals surface area contributed by atoms with Crippen LogP contribution in [0.1, 0.15) is 38.5 Å². The number of esters is 1. The van der Waals surface area contributed by atoms with Crippen molar-refractivity contribution in [2.75, 3.05) is 19.8 Å². The topological polar surface area (TPSA) is 99.1 Å². The maximum Gasteiger partial charge on any atom is 0.402 e. The normalized spacial score (nSPS) is 38.5. The van der Waals surface area contributed by atoms with E-state index < -0.39 is 39.2 Å². The molecule has 5 aliphatic rings. The van der Waals surface area contributed by atoms with Gasteiger partial charge in [-0.3, -0.25) is 9.35 Å². The lowest BCUT2D eigenvalue weighted by atomic mass is 9.47. The maximum atomic E-state index is 13.4. The van der Waals surface area contributed by atoms with Gasteiger partial charge >= 0.3 is 21.3 Å². The van der Waals surface area contributed by atoms with Gasteiger partial charge in [-0.2, -0.15) is 17.2 Å². The summed E-state index contributed by atoms with van der Waals surface area (Å²) in [5.74, 6) is -1.21. The minimum atomic E-state index is -5.63. The summed E-state index contributed by atoms with van der Waals surface area (Å²) in [6.07, 6.45) is 3.96. The van der Waals surface area contributed by atoms with Crippen LogP contribution >= 0.6 is 0 Å². The molecule has 4 bridgehead atoms. The van der Waals surface area contributed by atoms with E-state index in [4.69, 9.17) is 14.0 Å². The first-order valence-corrected chi connectivity index (χ1v) is 10.3. The van der Waals surface area contributed by atoms with Crippen LogP contribution in [0, 0.1) is 23.2 Å². The highest BCUT2D eigenvalue weighted by molar-refractivity contribution is 7.86. The molecule has 0 radical (unpaired) electrons. The van der Waals surface area contributed by atoms with Crippen LogP contribution < -0.4 is 0 Å². The molecule has 0 aromatic rings. The summed E-state index contributed by atoms with van der Waals surface area (Å²) in [6, 6.07) is 0. The fraction of sp³-hybridized carbons (Fsp3) is 0.938. The van der Waals surface area contributed by atoms with Crippen molar-refractivity contribution in [2.24, 2.45) is 23.2 Å². The molecule has 0 amide bonds. The van der Waals surface area contributed by atoms with Gasteiger partial charge in [0.25, 0.3) is 0 Å². The zero-order valence-electron chi connectivity index (χ0n) is 14.2. The van der Waals surface area contributed by atoms with Crippen LogP contribution in [0.3, 0.4) is 0 Å². The van der Waals surface area contributed by atoms with Crippen LogP contribution in [-0.2, 0) is 29.1 Å². The van der Waals surface area contributed by atoms with Gasteiger partial charge in [0, 0.05) is 11.8 Å². The fourth-order valence-electron chi connectivity index (χ4n) is 5.59. The van der Waals surface area contributed by atoms with Gasteiger partial charge in [-0.05, 0) is 44.4 Å². The molecule has 5 rings (SSSR count). The molecular weight excluding hydrogens is 374 g/mol. The Morgan fingerprint density at radius 1 is 1.15 bits per heavy atom. The van der Waals surface area contributed by atoms with Crippen LogP contribution in [0.2, 0.25) is 0 Å². The van der Waals surface area contributed by atoms with Crippen LogP contribution in [0.15, 0.2) is 0 Å². The lowest BCUT2D eigenvalue weighted by molar-refractivity contribution is -0.365. The van der Waals surface area contributed by atoms with Gasteiger partial charge in [-0.25, -0.2) is 0 Å². The highest BCUT2D eigenvalue weighted by Crippen LogP contribution is 2.65. The number of halogens is 2. The van der Waals surface area contributed by atoms with E-state index in [-0.39, 0.29) is 17.8 Å². The van der Waals surface area contributed by atoms with Crippen molar-refractivity contribution in [3.8, 4) is 0 Å². The monoisotopic (exact) mass is 396 g/mol. The van der Waals surface area contributed by atoms with Crippen LogP contribution in [0.4, 0.5) is 8.78 Å². The van der Waals surface area contributed by atoms with Gasteiger partial charge in [0.1, 0.15) is 0 Å². The largest absolute Gasteiger partial charge is 0.458 e. The average molecular weight is 396 g/mol. The molecule has 0 aromatic carbocycles. The maximum absolute atomic E-state index is 13.4. The van der Waals surface area contributed by atoms with E-state index in [0.717, 1.165) is 19.3 Å². The minimum Gasteiger partial charge on any atom is -0.458 e. The van der Waals surface area contributed by atoms with Gasteiger partial charge < -0.3 is 14.2 Å². The lowest BCUT2D eigenvalue weighted by Crippen LogP contribution is -2.66. The highest BCUT2D eigenvalue weighted by Gasteiger charge is 2.67. The predicted octanol–water partition coefficient (Wildman–Crippen LogP) is 1.97. The van der Waals surface area contributed by atoms with Crippen molar-refractivity contribution in [2.45, 2.75) is 49.6 Å². The van der Waals surface area contributed by atoms with Crippen molar-refractivity contribution >= 4 is 16.1 Å². The average Bonchev–Trinajstić information content (AvgIpc) is 2.57. The summed E-state index contributed by atoms with van der Waals surface area (Å²) < 4.78 is 73.5. The van der Waals surface area contributed by atoms with E-state index >= 15 is 0 Å². The minimum absolute atomic E-state index is 0.00341. The fourth-order valence-corrected chi connectivity index (χ4v) is 5.80. The second-order valence-corrected chi connectivity index (χ2v) is 9.63. The summed E-state index contributed by atoms with van der Waals surface area (Å²) in [5, 5.41) is -4.51. The Kier molecular flexibility index (Phi) is 4.15. The van der Waals surface area contributed by atoms with E-state index in [1.54, 1.807) is 0 Å². The molecule has 0 aromatic heterocycles. The van der Waals surface area contributed by atoms with Crippen molar-refractivity contribution in [1.82, 2.24) is 0 Å². The van der Waals surface area contributed by atoms with Gasteiger partial charge in [0.05, 0.1) is 18.6 Å². The number of hydrogen-bond acceptors (Lipinski definition) is 6. The summed E-state index contributed by atoms with van der Waals surface area (Å²) in [7, 11) is -5.63. The summed E-state index contributed by atoms with van der Waals surface area (Å²) in [4.78, 5) is 12.6. The van der Waals surface area contributed by atoms with Crippen molar-refractivity contribution in [3.05, 3.63) is 0 Å². The molecule has 4 aliphatic carbocycles. The molecule has 148 valence electrons. The van der Waals surface area contributed by atoms with Gasteiger partial charge in [0.15, 0.2) is 12.4 Å². The second kappa shape index (κ2) is 5.83. The number of hydrogen-bond donors (Lipinski definition) is 1. The van der Waals surface area contributed by atoms with Crippen LogP contribution in [0.25, 0.3) is 0 Å². The third-order valence-corrected chi connectivity index (χ3v) is 7.33. The quantitative estimate of drug-likeness (QED) is 0.573. The Hall–Kier alpha value is -0.840. The number of ether oxygens (including phenoxy) is 3. The van der Waals surface area contributed by atoms with Crippen LogP contribution in [-0.4, -0.2) is 49.8 Å². The van der Waals surface area contributed by atoms with E-state index in [0.29, 0.717) is 32.5 Å². The van der Waals surface area contributed by atoms with Gasteiger partial charge in [-0.1, -0.05) is 0 Å². The molecule has 2 atom stereocenters. The van der Waals surface area contributed by atoms with E-state index in [9.17, 15) is 22.0 Å². The molecule has 26 heavy (non-hydrogen) atoms. The highest BCUT2D eigenvalue weighted by atomic mass is 32.2. The first-order chi connectivity index (χ1) is 12.1. The first kappa shape index (κ1) is 18.5. The molecule has 5 fully saturated rings. The Bertz CT molecular complexity index is 683. The molecule has 1 spiro atoms. The number of rotatable bonds is 4. The third kappa shape index (κ3) is 2.68. The molecule has 1 heterocycles. The van der Waals surface area contributed by atoms with Crippen molar-refractivity contribution in [1.29, 1.82) is 0 Å². The Balaban J connectivity index is 1.51. The van der Waals surface area contributed by atoms with E-state index in [2.05, 4.69) is 4.74 Å². The molecule has 4 saturated carbocycles. The molecular formula is C16H22F2O7S. The third-order valence-electron chi connectivity index (χ3n) is 6.45. The lowest BCUT2D eigenvalue weighted by Gasteiger charge is -2.63. The molecule has 2 unspecified atom stereocenters. The zero-order chi connectivity index (χ0) is 18.8. The van der Waals surface area contributed by atoms with E-state index in [1.165, 1.54) is 0 Å². The second-order valence-electron chi connectivity index (χ2n) is 8.08. The van der Waals surface area contributed by atoms with Crippen LogP contribution in [0.5, 0.6) is 0 Å². The molecule has 1 N–H and O–H groups in total. The van der Waals surface area contributed by atoms with E-state index in [1.807, 2.05) is 0 Å². The van der Waals surface area contributed by atoms with Gasteiger partial charge in [-0.15, -0.1) is 0 Å². The standard InChI is InChI=1S/C16H22F2O7S/c17-15(18,26(20,21)22)9-23-13(19)14-6-10-4-11(7-14)16(12(5-10)8-14)24-2-1-3-25-16/h10-12H,1-9H2,(H,20,21,22). The zero-order valence-corrected chi connectivity index (χ0v) is 15.0. The van der Waals surface area contributed by atoms with Gasteiger partial charge in [0.2, 0.25) is 0 Å². The first-order valence-electron chi connectivity index (χ1n) is 8.88. The van der Waals surface area contributed by atoms with Crippen molar-refractivity contribution in [3.63, 3.8) is 0 Å². The molecule has 7 nitrogen and oxygen atoms in total. The van der Waals surface area contributed by atoms with Crippen molar-refractivity contribution < 1.29 is 40.8 Å². The number of alkyl halides is 2. The SMILES string of the molecule is O=C(OCC(F)(F)S(=O)(=O)O)C12CC3CC(C1)C1(OCCCO1)C(C3)C2. The molecule has 10 heteroatoms. The molecule has 1 aliphatic heterocycles. The predicted molar refractivity (Wildman–Crippen MR) is 82.7 cm³/mol. The Morgan fingerprint density at radius 2 is 1.73 bits per heavy atom. The number of carbonyl (C=O) groups is 1. The summed E-state index contributed by atoms with van der Waals surface area (Å²) >= 11 is 0. The Morgan fingerprint density at radius 3 is 2.27 bits per heavy atom. The summed E-state index contributed by atoms with van der Waals surface area (Å²) in [6.45, 7) is -0.462. The smallest absolute Gasteiger partial charge is 0.402 e.